The van der Waals surface area contributed by atoms with Crippen LogP contribution in [0.2, 0.25) is 0 Å². The molecule has 33 aromatic carbocycles. The molecule has 1 saturated carbocycles. The van der Waals surface area contributed by atoms with Gasteiger partial charge >= 0.3 is 5.97 Å². The summed E-state index contributed by atoms with van der Waals surface area (Å²) in [5.41, 5.74) is 4.73. The van der Waals surface area contributed by atoms with Crippen LogP contribution in [-0.2, 0) is 25.2 Å². The molecule has 4 heteroatoms. The fourth-order valence-electron chi connectivity index (χ4n) is 29.0. The maximum absolute atomic E-state index is 16.7. The number of amides is 1. The molecule has 1 atom stereocenters. The number of nitrogens with one attached hydrogen (secondary N) is 1. The molecule has 336 valence electrons. The van der Waals surface area contributed by atoms with E-state index >= 15 is 4.79 Å². The van der Waals surface area contributed by atoms with E-state index in [4.69, 9.17) is 4.74 Å². The second-order valence-corrected chi connectivity index (χ2v) is 29.1. The van der Waals surface area contributed by atoms with Crippen LogP contribution in [0.25, 0.3) is 345 Å². The molecule has 5 aliphatic rings. The van der Waals surface area contributed by atoms with E-state index < -0.39 is 16.7 Å². The van der Waals surface area contributed by atoms with Gasteiger partial charge in [-0.25, -0.2) is 0 Å². The molecule has 1 N–H and O–H groups in total. The van der Waals surface area contributed by atoms with Gasteiger partial charge in [0.05, 0.1) is 23.4 Å². The Labute approximate surface area is 432 Å². The molecule has 0 aliphatic heterocycles. The van der Waals surface area contributed by atoms with E-state index in [0.29, 0.717) is 6.61 Å². The third-order valence-electron chi connectivity index (χ3n) is 29.0. The van der Waals surface area contributed by atoms with Crippen LogP contribution in [-0.4, -0.2) is 25.0 Å². The minimum atomic E-state index is -0.637. The summed E-state index contributed by atoms with van der Waals surface area (Å²) in [6.45, 7) is 2.05. The van der Waals surface area contributed by atoms with Crippen LogP contribution in [0.1, 0.15) is 29.2 Å². The van der Waals surface area contributed by atoms with Gasteiger partial charge in [-0.1, -0.05) is 0 Å². The lowest BCUT2D eigenvalue weighted by Gasteiger charge is -2.32. The SMILES string of the molecule is CCOC(=O)CNC(=O)C1C23c4c5c6c7c8c9c(c%10c%11c2c2c4c4c%12c5c5c6c6c8c8c%13c9c9c%10c%10c%11c%11c2c2c4c4c%14c%12c%12c5c5c6c8c6c8c%13c9c9c%10c%10c%11c%11c2c4c2c4c%14c%12c%12c5c6c5c6c8c9c8c%10c%11c2c(c86)c4c%125)C713. The number of hydrogen-bond acceptors (Lipinski definition) is 3. The maximum atomic E-state index is 16.7. The Hall–Kier alpha value is -9.90. The third kappa shape index (κ3) is 1.55. The van der Waals surface area contributed by atoms with Crippen molar-refractivity contribution < 1.29 is 14.3 Å². The summed E-state index contributed by atoms with van der Waals surface area (Å²) in [4.78, 5) is 30.3. The molecule has 0 saturated heterocycles. The molecule has 1 fully saturated rings. The Morgan fingerprint density at radius 2 is 0.400 bits per heavy atom. The predicted octanol–water partition coefficient (Wildman–Crippen LogP) is 18.6. The molecular weight excluding hydrogens is 975 g/mol. The zero-order chi connectivity index (χ0) is 47.8. The van der Waals surface area contributed by atoms with Crippen LogP contribution < -0.4 is 5.32 Å². The molecule has 5 aliphatic carbocycles. The molecule has 4 nitrogen and oxygen atoms in total. The van der Waals surface area contributed by atoms with Gasteiger partial charge < -0.3 is 10.1 Å². The zero-order valence-corrected chi connectivity index (χ0v) is 40.7. The van der Waals surface area contributed by atoms with Gasteiger partial charge in [0.25, 0.3) is 0 Å². The molecule has 1 amide bonds. The summed E-state index contributed by atoms with van der Waals surface area (Å²) >= 11 is 0. The smallest absolute Gasteiger partial charge is 0.325 e. The number of rotatable bonds is 4. The molecule has 0 heterocycles. The van der Waals surface area contributed by atoms with Crippen molar-refractivity contribution in [3.8, 4) is 0 Å². The lowest BCUT2D eigenvalue weighted by atomic mass is 9.68. The van der Waals surface area contributed by atoms with Crippen molar-refractivity contribution >= 4 is 357 Å². The summed E-state index contributed by atoms with van der Waals surface area (Å²) < 4.78 is 5.63. The normalized spacial score (nSPS) is 22.5. The van der Waals surface area contributed by atoms with Gasteiger partial charge in [0.2, 0.25) is 5.91 Å². The molecule has 0 radical (unpaired) electrons. The number of carbonyl (C=O) groups is 2. The standard InChI is InChI=1S/C76H9NO3/c1-2-80-4(78)3-77-74(79)73-75-69-61-53-43-33-26-17-11-5-6-8-10-9-7(5)13-20-15(9)24-25-16(10)21-14(8)23-19(12(6)17)28-34(26)44(43)54-48-38(28)30(23)40-32(21)42-36(25)46-45-35(24)41-31(20)39-29-22(13)18(11)27(33)37(29)47(53)57-51(39)59-49(41)55(45)63-64-56(46)50(42)60-52(40)58(48)66(70(75)62(54)61)68(60)72(64)76(73,75)71(63)67(59)65(57)69/h73H,2-3H2,1H3,(H,77,79). The van der Waals surface area contributed by atoms with Crippen molar-refractivity contribution in [2.45, 2.75) is 17.8 Å². The van der Waals surface area contributed by atoms with Gasteiger partial charge in [0.1, 0.15) is 6.54 Å². The minimum Gasteiger partial charge on any atom is -0.465 e. The summed E-state index contributed by atoms with van der Waals surface area (Å²) in [5, 5.41) is 104. The Bertz CT molecular complexity index is 8470. The molecule has 2 spiro atoms. The minimum absolute atomic E-state index is 0.0306. The Morgan fingerprint density at radius 1 is 0.263 bits per heavy atom. The quantitative estimate of drug-likeness (QED) is 0.109. The van der Waals surface area contributed by atoms with E-state index in [9.17, 15) is 4.79 Å². The summed E-state index contributed by atoms with van der Waals surface area (Å²) in [5.74, 6) is -0.744. The largest absolute Gasteiger partial charge is 0.465 e. The fraction of sp³-hybridized carbons (Fsp3) is 0.0789. The van der Waals surface area contributed by atoms with Crippen molar-refractivity contribution in [3.05, 3.63) is 22.3 Å². The zero-order valence-electron chi connectivity index (χ0n) is 40.7. The van der Waals surface area contributed by atoms with E-state index in [-0.39, 0.29) is 18.4 Å². The van der Waals surface area contributed by atoms with Crippen molar-refractivity contribution in [3.63, 3.8) is 0 Å². The number of hydrogen-bond donors (Lipinski definition) is 1. The van der Waals surface area contributed by atoms with Gasteiger partial charge in [-0.3, -0.25) is 9.59 Å². The van der Waals surface area contributed by atoms with Gasteiger partial charge in [-0.05, 0) is 374 Å². The van der Waals surface area contributed by atoms with Crippen LogP contribution in [0.3, 0.4) is 0 Å². The lowest BCUT2D eigenvalue weighted by molar-refractivity contribution is -0.143. The molecule has 0 aromatic heterocycles. The fourth-order valence-corrected chi connectivity index (χ4v) is 29.0. The highest BCUT2D eigenvalue weighted by atomic mass is 16.5. The topological polar surface area (TPSA) is 55.4 Å². The number of esters is 1. The van der Waals surface area contributed by atoms with E-state index in [0.717, 1.165) is 0 Å². The first-order chi connectivity index (χ1) is 39.7. The average Bonchev–Trinajstić information content (AvgIpc) is 1.61. The first kappa shape index (κ1) is 29.7. The first-order valence-electron chi connectivity index (χ1n) is 29.7. The monoisotopic (exact) mass is 983 g/mol. The average molecular weight is 984 g/mol. The van der Waals surface area contributed by atoms with Gasteiger partial charge in [-0.15, -0.1) is 0 Å². The molecule has 80 heavy (non-hydrogen) atoms. The summed E-state index contributed by atoms with van der Waals surface area (Å²) in [6, 6.07) is 0. The first-order valence-corrected chi connectivity index (χ1v) is 29.7. The summed E-state index contributed by atoms with van der Waals surface area (Å²) in [7, 11) is 0. The van der Waals surface area contributed by atoms with E-state index in [2.05, 4.69) is 5.32 Å². The van der Waals surface area contributed by atoms with Gasteiger partial charge in [0, 0.05) is 0 Å². The Balaban J connectivity index is 1.08. The van der Waals surface area contributed by atoms with Crippen LogP contribution >= 0.6 is 0 Å². The second kappa shape index (κ2) is 6.68. The van der Waals surface area contributed by atoms with Crippen molar-refractivity contribution in [1.82, 2.24) is 5.32 Å². The van der Waals surface area contributed by atoms with Crippen LogP contribution in [0.5, 0.6) is 0 Å². The van der Waals surface area contributed by atoms with Crippen LogP contribution in [0.15, 0.2) is 0 Å². The molecular formula is C76H9NO3. The second-order valence-electron chi connectivity index (χ2n) is 29.1. The summed E-state index contributed by atoms with van der Waals surface area (Å²) in [6.07, 6.45) is 0. The van der Waals surface area contributed by atoms with Crippen LogP contribution in [0, 0.1) is 5.92 Å². The maximum Gasteiger partial charge on any atom is 0.325 e. The molecule has 0 bridgehead atoms. The van der Waals surface area contributed by atoms with Crippen molar-refractivity contribution in [2.24, 2.45) is 5.92 Å². The van der Waals surface area contributed by atoms with E-state index in [1.807, 2.05) is 6.92 Å². The Kier molecular flexibility index (Phi) is 2.48. The van der Waals surface area contributed by atoms with E-state index in [1.54, 1.807) is 259 Å². The predicted molar refractivity (Wildman–Crippen MR) is 330 cm³/mol. The van der Waals surface area contributed by atoms with Crippen molar-refractivity contribution in [1.29, 1.82) is 0 Å². The van der Waals surface area contributed by atoms with Crippen molar-refractivity contribution in [2.75, 3.05) is 13.2 Å². The Morgan fingerprint density at radius 3 is 0.537 bits per heavy atom. The number of benzene rings is 23. The molecule has 33 aromatic rings. The lowest BCUT2D eigenvalue weighted by Crippen LogP contribution is -2.34. The highest BCUT2D eigenvalue weighted by Crippen LogP contribution is 2.92. The molecule has 38 rings (SSSR count). The van der Waals surface area contributed by atoms with Gasteiger partial charge in [-0.2, -0.15) is 0 Å². The highest BCUT2D eigenvalue weighted by molar-refractivity contribution is 6.84. The highest BCUT2D eigenvalue weighted by Gasteiger charge is 2.88. The molecule has 1 unspecified atom stereocenters. The number of ether oxygens (including phenoxy) is 1. The van der Waals surface area contributed by atoms with Gasteiger partial charge in [0.15, 0.2) is 0 Å². The third-order valence-corrected chi connectivity index (χ3v) is 29.0. The number of carbonyl (C=O) groups excluding carboxylic acids is 2. The van der Waals surface area contributed by atoms with E-state index in [1.165, 1.54) is 108 Å². The van der Waals surface area contributed by atoms with Crippen LogP contribution in [0.4, 0.5) is 0 Å².